The minimum Gasteiger partial charge on any atom is -0.469 e. The average molecular weight is 266 g/mol. The third kappa shape index (κ3) is 2.46. The fraction of sp³-hybridized carbons (Fsp3) is 0.733. The minimum absolute atomic E-state index is 0.0295. The number of esters is 1. The van der Waals surface area contributed by atoms with Crippen LogP contribution in [0.15, 0.2) is 11.1 Å². The Bertz CT molecular complexity index is 410. The zero-order chi connectivity index (χ0) is 14.0. The van der Waals surface area contributed by atoms with Crippen LogP contribution in [0, 0.1) is 17.8 Å². The first-order valence-corrected chi connectivity index (χ1v) is 7.04. The van der Waals surface area contributed by atoms with Crippen molar-refractivity contribution in [3.63, 3.8) is 0 Å². The van der Waals surface area contributed by atoms with Crippen molar-refractivity contribution in [2.24, 2.45) is 17.8 Å². The van der Waals surface area contributed by atoms with E-state index < -0.39 is 0 Å². The van der Waals surface area contributed by atoms with Crippen molar-refractivity contribution in [1.29, 1.82) is 0 Å². The van der Waals surface area contributed by atoms with Gasteiger partial charge in [-0.25, -0.2) is 0 Å². The van der Waals surface area contributed by atoms with Gasteiger partial charge in [0.1, 0.15) is 0 Å². The number of ether oxygens (including phenoxy) is 1. The largest absolute Gasteiger partial charge is 0.469 e. The van der Waals surface area contributed by atoms with E-state index in [1.165, 1.54) is 7.11 Å². The van der Waals surface area contributed by atoms with Crippen molar-refractivity contribution in [2.45, 2.75) is 39.0 Å². The third-order valence-electron chi connectivity index (χ3n) is 4.67. The number of hydrogen-bond donors (Lipinski definition) is 1. The fourth-order valence-electron chi connectivity index (χ4n) is 3.64. The molecule has 0 aromatic heterocycles. The molecule has 0 heterocycles. The van der Waals surface area contributed by atoms with E-state index in [9.17, 15) is 14.7 Å². The van der Waals surface area contributed by atoms with Crippen molar-refractivity contribution in [3.8, 4) is 0 Å². The molecule has 1 unspecified atom stereocenters. The molecule has 2 rings (SSSR count). The lowest BCUT2D eigenvalue weighted by Gasteiger charge is -2.29. The van der Waals surface area contributed by atoms with Crippen LogP contribution in [0.4, 0.5) is 0 Å². The molecule has 3 atom stereocenters. The fourth-order valence-corrected chi connectivity index (χ4v) is 3.64. The van der Waals surface area contributed by atoms with E-state index in [0.717, 1.165) is 31.3 Å². The molecule has 0 amide bonds. The number of ketones is 1. The molecule has 0 radical (unpaired) electrons. The molecule has 2 aliphatic rings. The Labute approximate surface area is 113 Å². The van der Waals surface area contributed by atoms with Crippen LogP contribution >= 0.6 is 0 Å². The van der Waals surface area contributed by atoms with E-state index in [-0.39, 0.29) is 36.1 Å². The molecule has 0 bridgehead atoms. The van der Waals surface area contributed by atoms with Gasteiger partial charge in [-0.3, -0.25) is 9.59 Å². The van der Waals surface area contributed by atoms with Crippen LogP contribution in [0.1, 0.15) is 39.0 Å². The smallest absolute Gasteiger partial charge is 0.309 e. The molecule has 1 N–H and O–H groups in total. The first kappa shape index (κ1) is 14.3. The summed E-state index contributed by atoms with van der Waals surface area (Å²) in [4.78, 5) is 24.4. The second-order valence-electron chi connectivity index (χ2n) is 5.57. The van der Waals surface area contributed by atoms with Crippen LogP contribution in [0.5, 0.6) is 0 Å². The Balaban J connectivity index is 2.34. The van der Waals surface area contributed by atoms with E-state index in [2.05, 4.69) is 0 Å². The Morgan fingerprint density at radius 2 is 2.00 bits per heavy atom. The highest BCUT2D eigenvalue weighted by Gasteiger charge is 2.46. The first-order valence-electron chi connectivity index (χ1n) is 7.04. The van der Waals surface area contributed by atoms with Crippen molar-refractivity contribution < 1.29 is 19.4 Å². The Morgan fingerprint density at radius 1 is 1.32 bits per heavy atom. The van der Waals surface area contributed by atoms with Gasteiger partial charge in [-0.15, -0.1) is 0 Å². The van der Waals surface area contributed by atoms with Gasteiger partial charge >= 0.3 is 5.97 Å². The van der Waals surface area contributed by atoms with Gasteiger partial charge in [0.2, 0.25) is 0 Å². The van der Waals surface area contributed by atoms with Crippen LogP contribution in [-0.4, -0.2) is 30.6 Å². The van der Waals surface area contributed by atoms with Crippen LogP contribution < -0.4 is 0 Å². The SMILES string of the molecule is COC(=O)[C@@H]1CCCCC[C@H]2C(CO)=C(C)C(=O)C12. The van der Waals surface area contributed by atoms with Gasteiger partial charge in [-0.1, -0.05) is 19.3 Å². The maximum absolute atomic E-state index is 12.4. The highest BCUT2D eigenvalue weighted by Crippen LogP contribution is 2.44. The Morgan fingerprint density at radius 3 is 2.63 bits per heavy atom. The van der Waals surface area contributed by atoms with Crippen LogP contribution in [0.3, 0.4) is 0 Å². The van der Waals surface area contributed by atoms with E-state index >= 15 is 0 Å². The summed E-state index contributed by atoms with van der Waals surface area (Å²) in [6.45, 7) is 1.69. The van der Waals surface area contributed by atoms with Crippen LogP contribution in [0.25, 0.3) is 0 Å². The molecule has 106 valence electrons. The number of methoxy groups -OCH3 is 1. The van der Waals surface area contributed by atoms with Gasteiger partial charge in [0, 0.05) is 5.92 Å². The summed E-state index contributed by atoms with van der Waals surface area (Å²) in [5, 5.41) is 9.51. The van der Waals surface area contributed by atoms with E-state index in [0.29, 0.717) is 12.0 Å². The molecular formula is C15H22O4. The minimum atomic E-state index is -0.346. The monoisotopic (exact) mass is 266 g/mol. The van der Waals surface area contributed by atoms with Crippen LogP contribution in [-0.2, 0) is 14.3 Å². The molecule has 4 nitrogen and oxygen atoms in total. The highest BCUT2D eigenvalue weighted by molar-refractivity contribution is 6.02. The molecule has 1 saturated carbocycles. The molecule has 19 heavy (non-hydrogen) atoms. The van der Waals surface area contributed by atoms with Crippen molar-refractivity contribution in [3.05, 3.63) is 11.1 Å². The topological polar surface area (TPSA) is 63.6 Å². The second-order valence-corrected chi connectivity index (χ2v) is 5.57. The van der Waals surface area contributed by atoms with E-state index in [4.69, 9.17) is 4.74 Å². The van der Waals surface area contributed by atoms with Gasteiger partial charge in [0.25, 0.3) is 0 Å². The number of allylic oxidation sites excluding steroid dienone is 1. The predicted octanol–water partition coefficient (Wildman–Crippen LogP) is 1.86. The Hall–Kier alpha value is -1.16. The number of aliphatic hydroxyl groups is 1. The van der Waals surface area contributed by atoms with Crippen LogP contribution in [0.2, 0.25) is 0 Å². The lowest BCUT2D eigenvalue weighted by molar-refractivity contribution is -0.150. The second kappa shape index (κ2) is 5.87. The predicted molar refractivity (Wildman–Crippen MR) is 70.4 cm³/mol. The average Bonchev–Trinajstić information content (AvgIpc) is 2.61. The summed E-state index contributed by atoms with van der Waals surface area (Å²) in [5.41, 5.74) is 1.50. The normalized spacial score (nSPS) is 31.7. The zero-order valence-corrected chi connectivity index (χ0v) is 11.6. The van der Waals surface area contributed by atoms with Crippen molar-refractivity contribution in [2.75, 3.05) is 13.7 Å². The number of fused-ring (bicyclic) bond motifs is 1. The molecule has 0 spiro atoms. The standard InChI is InChI=1S/C15H22O4/c1-9-12(8-16)10-6-4-3-5-7-11(15(18)19-2)13(10)14(9)17/h10-11,13,16H,3-8H2,1-2H3/t10-,11+,13?/m0/s1. The van der Waals surface area contributed by atoms with Gasteiger partial charge in [-0.2, -0.15) is 0 Å². The number of hydrogen-bond acceptors (Lipinski definition) is 4. The molecule has 4 heteroatoms. The maximum Gasteiger partial charge on any atom is 0.309 e. The van der Waals surface area contributed by atoms with Gasteiger partial charge < -0.3 is 9.84 Å². The summed E-state index contributed by atoms with van der Waals surface area (Å²) in [5.74, 6) is -0.873. The molecular weight excluding hydrogens is 244 g/mol. The lowest BCUT2D eigenvalue weighted by Crippen LogP contribution is -2.34. The highest BCUT2D eigenvalue weighted by atomic mass is 16.5. The van der Waals surface area contributed by atoms with Gasteiger partial charge in [-0.05, 0) is 36.8 Å². The van der Waals surface area contributed by atoms with Gasteiger partial charge in [0.15, 0.2) is 5.78 Å². The molecule has 1 fully saturated rings. The maximum atomic E-state index is 12.4. The van der Waals surface area contributed by atoms with E-state index in [1.54, 1.807) is 6.92 Å². The summed E-state index contributed by atoms with van der Waals surface area (Å²) >= 11 is 0. The van der Waals surface area contributed by atoms with E-state index in [1.807, 2.05) is 0 Å². The molecule has 0 saturated heterocycles. The van der Waals surface area contributed by atoms with Gasteiger partial charge in [0.05, 0.1) is 19.6 Å². The number of Topliss-reactive ketones (excluding diaryl/α,β-unsaturated/α-hetero) is 1. The number of aliphatic hydroxyl groups excluding tert-OH is 1. The summed E-state index contributed by atoms with van der Waals surface area (Å²) in [6.07, 6.45) is 4.69. The lowest BCUT2D eigenvalue weighted by atomic mass is 9.74. The summed E-state index contributed by atoms with van der Waals surface area (Å²) < 4.78 is 4.87. The number of carbonyl (C=O) groups excluding carboxylic acids is 2. The first-order chi connectivity index (χ1) is 9.11. The number of carbonyl (C=O) groups is 2. The molecule has 2 aliphatic carbocycles. The molecule has 0 aromatic carbocycles. The molecule has 0 aromatic rings. The zero-order valence-electron chi connectivity index (χ0n) is 11.6. The Kier molecular flexibility index (Phi) is 4.40. The summed E-state index contributed by atoms with van der Waals surface area (Å²) in [6, 6.07) is 0. The summed E-state index contributed by atoms with van der Waals surface area (Å²) in [7, 11) is 1.38. The van der Waals surface area contributed by atoms with Crippen molar-refractivity contribution >= 4 is 11.8 Å². The van der Waals surface area contributed by atoms with Crippen molar-refractivity contribution in [1.82, 2.24) is 0 Å². The third-order valence-corrected chi connectivity index (χ3v) is 4.67. The molecule has 0 aliphatic heterocycles. The quantitative estimate of drug-likeness (QED) is 0.775. The number of rotatable bonds is 2.